The number of halogens is 1. The Morgan fingerprint density at radius 2 is 1.85 bits per heavy atom. The molecule has 3 rings (SSSR count). The summed E-state index contributed by atoms with van der Waals surface area (Å²) in [4.78, 5) is 10.6. The maximum atomic E-state index is 13.5. The van der Waals surface area contributed by atoms with Crippen LogP contribution in [-0.2, 0) is 13.9 Å². The minimum atomic E-state index is -2.65. The van der Waals surface area contributed by atoms with Gasteiger partial charge in [-0.25, -0.2) is 9.07 Å². The maximum absolute atomic E-state index is 13.5. The molecule has 0 saturated heterocycles. The van der Waals surface area contributed by atoms with Crippen LogP contribution in [0.2, 0.25) is 0 Å². The molecule has 1 aromatic heterocycles. The van der Waals surface area contributed by atoms with Crippen LogP contribution >= 0.6 is 8.03 Å². The van der Waals surface area contributed by atoms with Crippen LogP contribution in [0.3, 0.4) is 0 Å². The van der Waals surface area contributed by atoms with Crippen LogP contribution < -0.4 is 0 Å². The predicted molar refractivity (Wildman–Crippen MR) is 128 cm³/mol. The highest BCUT2D eigenvalue weighted by atomic mass is 31.1. The van der Waals surface area contributed by atoms with E-state index in [1.54, 1.807) is 12.1 Å². The largest absolute Gasteiger partial charge is 0.481 e. The molecule has 0 amide bonds. The van der Waals surface area contributed by atoms with Crippen LogP contribution in [-0.4, -0.2) is 44.8 Å². The number of aliphatic hydroxyl groups excluding tert-OH is 1. The summed E-state index contributed by atoms with van der Waals surface area (Å²) in [5, 5.41) is 23.1. The molecule has 0 saturated carbocycles. The summed E-state index contributed by atoms with van der Waals surface area (Å²) in [7, 11) is -2.65. The average molecular weight is 484 g/mol. The second-order valence-corrected chi connectivity index (χ2v) is 9.38. The van der Waals surface area contributed by atoms with Gasteiger partial charge >= 0.3 is 5.97 Å². The highest BCUT2D eigenvalue weighted by molar-refractivity contribution is 7.39. The molecule has 9 heteroatoms. The zero-order valence-electron chi connectivity index (χ0n) is 18.9. The lowest BCUT2D eigenvalue weighted by atomic mass is 10.00. The number of carbonyl (C=O) groups is 1. The molecule has 2 N–H and O–H groups in total. The molecule has 0 aliphatic rings. The van der Waals surface area contributed by atoms with Crippen molar-refractivity contribution >= 4 is 14.0 Å². The number of carboxylic acids is 1. The van der Waals surface area contributed by atoms with Gasteiger partial charge in [0, 0.05) is 11.7 Å². The van der Waals surface area contributed by atoms with Gasteiger partial charge in [-0.2, -0.15) is 5.10 Å². The summed E-state index contributed by atoms with van der Waals surface area (Å²) in [6, 6.07) is 15.6. The molecule has 0 aliphatic carbocycles. The van der Waals surface area contributed by atoms with Gasteiger partial charge in [-0.15, -0.1) is 0 Å². The molecule has 2 unspecified atom stereocenters. The average Bonchev–Trinajstić information content (AvgIpc) is 3.17. The molecule has 7 nitrogen and oxygen atoms in total. The third-order valence-corrected chi connectivity index (χ3v) is 6.19. The van der Waals surface area contributed by atoms with Crippen molar-refractivity contribution in [1.29, 1.82) is 0 Å². The van der Waals surface area contributed by atoms with E-state index in [9.17, 15) is 18.9 Å². The van der Waals surface area contributed by atoms with Crippen molar-refractivity contribution in [1.82, 2.24) is 9.78 Å². The second-order valence-electron chi connectivity index (χ2n) is 7.94. The third-order valence-electron chi connectivity index (χ3n) is 4.92. The van der Waals surface area contributed by atoms with Gasteiger partial charge in [-0.3, -0.25) is 9.36 Å². The van der Waals surface area contributed by atoms with E-state index in [1.807, 2.05) is 48.9 Å². The molecule has 178 valence electrons. The van der Waals surface area contributed by atoms with E-state index < -0.39 is 26.5 Å². The number of hydrogen-bond acceptors (Lipinski definition) is 5. The predicted octanol–water partition coefficient (Wildman–Crippen LogP) is 4.48. The van der Waals surface area contributed by atoms with Crippen LogP contribution in [0.4, 0.5) is 4.39 Å². The normalized spacial score (nSPS) is 12.7. The van der Waals surface area contributed by atoms with Gasteiger partial charge in [0.15, 0.2) is 8.03 Å². The van der Waals surface area contributed by atoms with Crippen molar-refractivity contribution in [3.05, 3.63) is 71.7 Å². The van der Waals surface area contributed by atoms with E-state index in [1.165, 1.54) is 12.1 Å². The van der Waals surface area contributed by atoms with Crippen molar-refractivity contribution in [2.24, 2.45) is 0 Å². The van der Waals surface area contributed by atoms with Gasteiger partial charge < -0.3 is 14.7 Å². The molecule has 1 heterocycles. The summed E-state index contributed by atoms with van der Waals surface area (Å²) in [5.74, 6) is 4.46. The monoisotopic (exact) mass is 484 g/mol. The summed E-state index contributed by atoms with van der Waals surface area (Å²) < 4.78 is 32.6. The Labute approximate surface area is 198 Å². The number of carboxylic acid groups (broad SMARTS) is 1. The van der Waals surface area contributed by atoms with Gasteiger partial charge in [-0.1, -0.05) is 43.9 Å². The molecule has 2 aromatic carbocycles. The minimum absolute atomic E-state index is 0.0532. The molecule has 0 bridgehead atoms. The van der Waals surface area contributed by atoms with Crippen LogP contribution in [0.15, 0.2) is 54.6 Å². The van der Waals surface area contributed by atoms with Gasteiger partial charge in [0.05, 0.1) is 29.5 Å². The van der Waals surface area contributed by atoms with Gasteiger partial charge in [0.2, 0.25) is 0 Å². The first-order valence-electron chi connectivity index (χ1n) is 10.7. The van der Waals surface area contributed by atoms with Crippen molar-refractivity contribution in [3.8, 4) is 28.8 Å². The Morgan fingerprint density at radius 1 is 1.18 bits per heavy atom. The fourth-order valence-electron chi connectivity index (χ4n) is 3.43. The zero-order chi connectivity index (χ0) is 24.7. The van der Waals surface area contributed by atoms with Crippen LogP contribution in [0.25, 0.3) is 16.9 Å². The first kappa shape index (κ1) is 25.4. The van der Waals surface area contributed by atoms with Crippen molar-refractivity contribution in [2.45, 2.75) is 32.3 Å². The SMILES string of the molecule is CC(C)c1c(C#CCO[PH](=O)CC(O)CC(=O)O)c(-c2ccc(F)cc2)nn1-c1ccccc1. The topological polar surface area (TPSA) is 102 Å². The van der Waals surface area contributed by atoms with E-state index in [2.05, 4.69) is 11.8 Å². The molecular formula is C25H26FN2O5P. The van der Waals surface area contributed by atoms with E-state index in [-0.39, 0.29) is 24.5 Å². The zero-order valence-corrected chi connectivity index (χ0v) is 19.9. The molecule has 0 radical (unpaired) electrons. The molecule has 0 fully saturated rings. The Kier molecular flexibility index (Phi) is 8.78. The number of benzene rings is 2. The fraction of sp³-hybridized carbons (Fsp3) is 0.280. The van der Waals surface area contributed by atoms with Gasteiger partial charge in [0.25, 0.3) is 0 Å². The molecular weight excluding hydrogens is 458 g/mol. The van der Waals surface area contributed by atoms with Crippen LogP contribution in [0.1, 0.15) is 37.4 Å². The lowest BCUT2D eigenvalue weighted by Gasteiger charge is -2.10. The van der Waals surface area contributed by atoms with Crippen LogP contribution in [0.5, 0.6) is 0 Å². The lowest BCUT2D eigenvalue weighted by Crippen LogP contribution is -2.15. The summed E-state index contributed by atoms with van der Waals surface area (Å²) in [6.45, 7) is 3.89. The number of rotatable bonds is 9. The highest BCUT2D eigenvalue weighted by Crippen LogP contribution is 2.31. The van der Waals surface area contributed by atoms with Gasteiger partial charge in [0.1, 0.15) is 18.1 Å². The van der Waals surface area contributed by atoms with E-state index in [0.717, 1.165) is 11.4 Å². The van der Waals surface area contributed by atoms with Crippen molar-refractivity contribution < 1.29 is 28.5 Å². The van der Waals surface area contributed by atoms with Gasteiger partial charge in [-0.05, 0) is 42.3 Å². The standard InChI is InChI=1S/C25H26FN2O5P/c1-17(2)25-22(9-6-14-33-34(32)16-21(29)15-23(30)31)24(18-10-12-19(26)13-11-18)27-28(25)20-7-4-3-5-8-20/h3-5,7-8,10-13,17,21,29,34H,14-16H2,1-2H3,(H,30,31). The first-order chi connectivity index (χ1) is 16.3. The molecule has 0 spiro atoms. The second kappa shape index (κ2) is 11.8. The minimum Gasteiger partial charge on any atom is -0.481 e. The maximum Gasteiger partial charge on any atom is 0.305 e. The molecule has 34 heavy (non-hydrogen) atoms. The third kappa shape index (κ3) is 6.64. The van der Waals surface area contributed by atoms with Crippen LogP contribution in [0, 0.1) is 17.7 Å². The Balaban J connectivity index is 1.93. The molecule has 3 aromatic rings. The fourth-order valence-corrected chi connectivity index (χ4v) is 4.31. The molecule has 0 aliphatic heterocycles. The first-order valence-corrected chi connectivity index (χ1v) is 12.3. The summed E-state index contributed by atoms with van der Waals surface area (Å²) in [6.07, 6.45) is -1.98. The quantitative estimate of drug-likeness (QED) is 0.343. The van der Waals surface area contributed by atoms with E-state index in [4.69, 9.17) is 14.7 Å². The highest BCUT2D eigenvalue weighted by Gasteiger charge is 2.21. The number of aliphatic carboxylic acids is 1. The Bertz CT molecular complexity index is 1210. The van der Waals surface area contributed by atoms with Crippen molar-refractivity contribution in [3.63, 3.8) is 0 Å². The number of para-hydroxylation sites is 1. The smallest absolute Gasteiger partial charge is 0.305 e. The van der Waals surface area contributed by atoms with E-state index >= 15 is 0 Å². The summed E-state index contributed by atoms with van der Waals surface area (Å²) >= 11 is 0. The number of hydrogen-bond donors (Lipinski definition) is 2. The van der Waals surface area contributed by atoms with E-state index in [0.29, 0.717) is 16.8 Å². The Hall–Kier alpha value is -3.24. The number of aromatic nitrogens is 2. The summed E-state index contributed by atoms with van der Waals surface area (Å²) in [5.41, 5.74) is 3.66. The lowest BCUT2D eigenvalue weighted by molar-refractivity contribution is -0.138. The Morgan fingerprint density at radius 3 is 2.47 bits per heavy atom. The molecule has 2 atom stereocenters. The van der Waals surface area contributed by atoms with Crippen molar-refractivity contribution in [2.75, 3.05) is 12.8 Å². The number of aliphatic hydroxyl groups is 1. The number of nitrogens with zero attached hydrogens (tertiary/aromatic N) is 2.